The van der Waals surface area contributed by atoms with Crippen LogP contribution in [0.25, 0.3) is 16.7 Å². The van der Waals surface area contributed by atoms with Crippen LogP contribution in [0.2, 0.25) is 0 Å². The zero-order valence-corrected chi connectivity index (χ0v) is 25.0. The Morgan fingerprint density at radius 3 is 2.33 bits per heavy atom. The number of hydrogen-bond donors (Lipinski definition) is 0. The molecule has 1 heterocycles. The monoisotopic (exact) mass is 568 g/mol. The van der Waals surface area contributed by atoms with Gasteiger partial charge in [0.2, 0.25) is 0 Å². The van der Waals surface area contributed by atoms with Gasteiger partial charge in [0, 0.05) is 31.8 Å². The number of rotatable bonds is 9. The first-order chi connectivity index (χ1) is 20.2. The van der Waals surface area contributed by atoms with Gasteiger partial charge in [0.1, 0.15) is 11.4 Å². The van der Waals surface area contributed by atoms with E-state index < -0.39 is 11.7 Å². The summed E-state index contributed by atoms with van der Waals surface area (Å²) >= 11 is 0. The molecule has 3 aromatic rings. The minimum Gasteiger partial charge on any atom is -0.468 e. The van der Waals surface area contributed by atoms with Gasteiger partial charge in [-0.25, -0.2) is 4.79 Å². The van der Waals surface area contributed by atoms with Crippen molar-refractivity contribution >= 4 is 17.6 Å². The summed E-state index contributed by atoms with van der Waals surface area (Å²) < 4.78 is 16.4. The van der Waals surface area contributed by atoms with Gasteiger partial charge in [0.25, 0.3) is 5.91 Å². The Morgan fingerprint density at radius 2 is 1.62 bits per heavy atom. The normalized spacial score (nSPS) is 15.4. The van der Waals surface area contributed by atoms with E-state index in [0.717, 1.165) is 40.7 Å². The maximum atomic E-state index is 14.5. The Hall–Kier alpha value is -4.10. The van der Waals surface area contributed by atoms with Crippen molar-refractivity contribution in [2.75, 3.05) is 27.0 Å². The molecule has 7 heteroatoms. The zero-order valence-electron chi connectivity index (χ0n) is 25.0. The van der Waals surface area contributed by atoms with E-state index in [0.29, 0.717) is 30.8 Å². The first-order valence-corrected chi connectivity index (χ1v) is 14.6. The molecule has 0 N–H and O–H groups in total. The van der Waals surface area contributed by atoms with Crippen LogP contribution in [-0.2, 0) is 20.8 Å². The molecule has 0 saturated heterocycles. The second-order valence-corrected chi connectivity index (χ2v) is 11.9. The van der Waals surface area contributed by atoms with Crippen molar-refractivity contribution in [3.63, 3.8) is 0 Å². The van der Waals surface area contributed by atoms with Crippen molar-refractivity contribution in [1.82, 2.24) is 9.80 Å². The van der Waals surface area contributed by atoms with Crippen molar-refractivity contribution in [3.05, 3.63) is 95.6 Å². The molecule has 5 rings (SSSR count). The fraction of sp³-hybridized carbons (Fsp3) is 0.371. The van der Waals surface area contributed by atoms with Crippen molar-refractivity contribution in [2.45, 2.75) is 58.2 Å². The average molecular weight is 569 g/mol. The topological polar surface area (TPSA) is 68.3 Å². The van der Waals surface area contributed by atoms with Crippen LogP contribution in [0, 0.1) is 0 Å². The molecule has 42 heavy (non-hydrogen) atoms. The summed E-state index contributed by atoms with van der Waals surface area (Å²) in [5.74, 6) is 0.665. The molecular weight excluding hydrogens is 528 g/mol. The molecule has 0 unspecified atom stereocenters. The number of nitrogens with zero attached hydrogens (tertiary/aromatic N) is 2. The number of carbonyl (C=O) groups is 2. The Morgan fingerprint density at radius 1 is 0.905 bits per heavy atom. The molecule has 0 atom stereocenters. The second-order valence-electron chi connectivity index (χ2n) is 11.9. The van der Waals surface area contributed by atoms with Crippen LogP contribution >= 0.6 is 0 Å². The smallest absolute Gasteiger partial charge is 0.410 e. The minimum absolute atomic E-state index is 0.0333. The van der Waals surface area contributed by atoms with Crippen LogP contribution in [0.3, 0.4) is 0 Å². The molecule has 2 aliphatic rings. The summed E-state index contributed by atoms with van der Waals surface area (Å²) in [7, 11) is 1.59. The number of ether oxygens (including phenoxy) is 3. The van der Waals surface area contributed by atoms with Gasteiger partial charge in [0.15, 0.2) is 6.79 Å². The van der Waals surface area contributed by atoms with Gasteiger partial charge in [-0.05, 0) is 86.1 Å². The summed E-state index contributed by atoms with van der Waals surface area (Å²) in [5, 5.41) is 0. The molecule has 0 bridgehead atoms. The molecule has 1 saturated carbocycles. The fourth-order valence-corrected chi connectivity index (χ4v) is 5.26. The predicted molar refractivity (Wildman–Crippen MR) is 164 cm³/mol. The van der Waals surface area contributed by atoms with Crippen LogP contribution in [-0.4, -0.2) is 60.4 Å². The summed E-state index contributed by atoms with van der Waals surface area (Å²) in [6, 6.07) is 26.5. The molecule has 2 amide bonds. The van der Waals surface area contributed by atoms with E-state index in [4.69, 9.17) is 14.2 Å². The molecule has 7 nitrogen and oxygen atoms in total. The molecule has 1 fully saturated rings. The highest BCUT2D eigenvalue weighted by Crippen LogP contribution is 2.36. The lowest BCUT2D eigenvalue weighted by molar-refractivity contribution is -0.128. The van der Waals surface area contributed by atoms with Crippen LogP contribution in [0.15, 0.2) is 84.4 Å². The van der Waals surface area contributed by atoms with Crippen molar-refractivity contribution < 1.29 is 23.8 Å². The van der Waals surface area contributed by atoms with E-state index in [2.05, 4.69) is 30.3 Å². The maximum Gasteiger partial charge on any atom is 0.410 e. The minimum atomic E-state index is -0.620. The third-order valence-electron chi connectivity index (χ3n) is 7.42. The lowest BCUT2D eigenvalue weighted by Crippen LogP contribution is -2.44. The van der Waals surface area contributed by atoms with Gasteiger partial charge in [0.05, 0.1) is 6.54 Å². The highest BCUT2D eigenvalue weighted by Gasteiger charge is 2.37. The summed E-state index contributed by atoms with van der Waals surface area (Å²) in [6.45, 7) is 6.88. The summed E-state index contributed by atoms with van der Waals surface area (Å²) in [4.78, 5) is 31.2. The van der Waals surface area contributed by atoms with Crippen molar-refractivity contribution in [1.29, 1.82) is 0 Å². The van der Waals surface area contributed by atoms with Crippen LogP contribution in [0.5, 0.6) is 5.75 Å². The Balaban J connectivity index is 1.49. The molecule has 220 valence electrons. The summed E-state index contributed by atoms with van der Waals surface area (Å²) in [5.41, 5.74) is 5.22. The van der Waals surface area contributed by atoms with E-state index in [1.807, 2.05) is 74.2 Å². The van der Waals surface area contributed by atoms with Gasteiger partial charge in [-0.3, -0.25) is 4.79 Å². The Kier molecular flexibility index (Phi) is 8.97. The van der Waals surface area contributed by atoms with Crippen molar-refractivity contribution in [2.24, 2.45) is 0 Å². The van der Waals surface area contributed by atoms with E-state index in [1.54, 1.807) is 12.0 Å². The van der Waals surface area contributed by atoms with Gasteiger partial charge in [-0.15, -0.1) is 0 Å². The van der Waals surface area contributed by atoms with Crippen molar-refractivity contribution in [3.8, 4) is 16.9 Å². The molecule has 0 radical (unpaired) electrons. The van der Waals surface area contributed by atoms with Gasteiger partial charge in [-0.1, -0.05) is 60.7 Å². The highest BCUT2D eigenvalue weighted by atomic mass is 16.7. The van der Waals surface area contributed by atoms with Crippen LogP contribution in [0.1, 0.15) is 51.2 Å². The molecule has 0 aromatic heterocycles. The SMILES string of the molecule is COCOc1cccc(CN(C(=O)C2=C(c3cccc(-c4ccccc4)c3)CCN(C(=O)OC(C)(C)C)C2)C2CC2)c1. The fourth-order valence-electron chi connectivity index (χ4n) is 5.26. The second kappa shape index (κ2) is 12.8. The Bertz CT molecular complexity index is 1440. The number of carbonyl (C=O) groups excluding carboxylic acids is 2. The molecule has 1 aliphatic heterocycles. The third-order valence-corrected chi connectivity index (χ3v) is 7.42. The quantitative estimate of drug-likeness (QED) is 0.262. The Labute approximate surface area is 248 Å². The predicted octanol–water partition coefficient (Wildman–Crippen LogP) is 6.92. The number of amides is 2. The number of benzene rings is 3. The average Bonchev–Trinajstić information content (AvgIpc) is 3.84. The third kappa shape index (κ3) is 7.39. The molecule has 3 aromatic carbocycles. The largest absolute Gasteiger partial charge is 0.468 e. The van der Waals surface area contributed by atoms with Gasteiger partial charge < -0.3 is 24.0 Å². The molecule has 1 aliphatic carbocycles. The zero-order chi connectivity index (χ0) is 29.7. The maximum absolute atomic E-state index is 14.5. The lowest BCUT2D eigenvalue weighted by atomic mass is 9.90. The molecular formula is C35H40N2O5. The lowest BCUT2D eigenvalue weighted by Gasteiger charge is -2.34. The van der Waals surface area contributed by atoms with E-state index in [1.165, 1.54) is 0 Å². The highest BCUT2D eigenvalue weighted by molar-refractivity contribution is 6.03. The van der Waals surface area contributed by atoms with Crippen LogP contribution in [0.4, 0.5) is 4.79 Å². The van der Waals surface area contributed by atoms with E-state index >= 15 is 0 Å². The standard InChI is InChI=1S/C35H40N2O5/c1-35(2,3)42-34(39)36-19-18-31(28-14-9-13-27(21-28)26-11-6-5-7-12-26)32(23-36)33(38)37(29-16-17-29)22-25-10-8-15-30(20-25)41-24-40-4/h5-15,20-21,29H,16-19,22-24H2,1-4H3. The van der Waals surface area contributed by atoms with E-state index in [-0.39, 0.29) is 25.3 Å². The summed E-state index contributed by atoms with van der Waals surface area (Å²) in [6.07, 6.45) is 2.10. The van der Waals surface area contributed by atoms with Crippen LogP contribution < -0.4 is 4.74 Å². The number of hydrogen-bond acceptors (Lipinski definition) is 5. The number of methoxy groups -OCH3 is 1. The molecule has 0 spiro atoms. The first kappa shape index (κ1) is 29.4. The van der Waals surface area contributed by atoms with Gasteiger partial charge >= 0.3 is 6.09 Å². The van der Waals surface area contributed by atoms with Gasteiger partial charge in [-0.2, -0.15) is 0 Å². The van der Waals surface area contributed by atoms with E-state index in [9.17, 15) is 9.59 Å². The first-order valence-electron chi connectivity index (χ1n) is 14.6.